The first-order valence-corrected chi connectivity index (χ1v) is 8.73. The third-order valence-corrected chi connectivity index (χ3v) is 4.87. The van der Waals surface area contributed by atoms with E-state index < -0.39 is 0 Å². The minimum Gasteiger partial charge on any atom is -0.443 e. The summed E-state index contributed by atoms with van der Waals surface area (Å²) in [5.41, 5.74) is 5.61. The molecule has 0 unspecified atom stereocenters. The maximum absolute atomic E-state index is 9.64. The van der Waals surface area contributed by atoms with E-state index in [2.05, 4.69) is 18.2 Å². The highest BCUT2D eigenvalue weighted by molar-refractivity contribution is 5.90. The van der Waals surface area contributed by atoms with Crippen LogP contribution in [0.1, 0.15) is 45.0 Å². The molecule has 0 atom stereocenters. The van der Waals surface area contributed by atoms with Gasteiger partial charge in [0.1, 0.15) is 17.4 Å². The molecule has 0 saturated carbocycles. The number of nitriles is 3. The molecule has 0 spiro atoms. The van der Waals surface area contributed by atoms with E-state index in [4.69, 9.17) is 9.68 Å². The fourth-order valence-corrected chi connectivity index (χ4v) is 3.24. The summed E-state index contributed by atoms with van der Waals surface area (Å²) in [5.74, 6) is 1.21. The van der Waals surface area contributed by atoms with Gasteiger partial charge in [-0.1, -0.05) is 12.1 Å². The number of nitrogens with zero attached hydrogens (tertiary/aromatic N) is 4. The number of allylic oxidation sites excluding steroid dienone is 1. The molecule has 2 heterocycles. The van der Waals surface area contributed by atoms with Crippen molar-refractivity contribution in [3.8, 4) is 24.1 Å². The van der Waals surface area contributed by atoms with Crippen LogP contribution in [0.5, 0.6) is 0 Å². The molecule has 0 N–H and O–H groups in total. The van der Waals surface area contributed by atoms with Crippen molar-refractivity contribution >= 4 is 11.6 Å². The van der Waals surface area contributed by atoms with Gasteiger partial charge >= 0.3 is 0 Å². The Hall–Kier alpha value is -4.01. The van der Waals surface area contributed by atoms with Gasteiger partial charge in [0.15, 0.2) is 0 Å². The van der Waals surface area contributed by atoms with Crippen molar-refractivity contribution in [2.75, 3.05) is 0 Å². The second-order valence-corrected chi connectivity index (χ2v) is 6.60. The van der Waals surface area contributed by atoms with E-state index >= 15 is 0 Å². The molecule has 0 amide bonds. The Labute approximate surface area is 164 Å². The van der Waals surface area contributed by atoms with Crippen LogP contribution < -0.4 is 0 Å². The molecule has 28 heavy (non-hydrogen) atoms. The zero-order valence-corrected chi connectivity index (χ0v) is 16.2. The van der Waals surface area contributed by atoms with Crippen LogP contribution >= 0.6 is 0 Å². The quantitative estimate of drug-likeness (QED) is 0.602. The lowest BCUT2D eigenvalue weighted by atomic mass is 10.0. The third-order valence-electron chi connectivity index (χ3n) is 4.87. The maximum atomic E-state index is 9.64. The predicted molar refractivity (Wildman–Crippen MR) is 106 cm³/mol. The van der Waals surface area contributed by atoms with Crippen LogP contribution in [0.15, 0.2) is 34.7 Å². The summed E-state index contributed by atoms with van der Waals surface area (Å²) in [7, 11) is 0. The highest BCUT2D eigenvalue weighted by Crippen LogP contribution is 2.30. The second-order valence-electron chi connectivity index (χ2n) is 6.60. The normalized spacial score (nSPS) is 11.0. The van der Waals surface area contributed by atoms with E-state index in [1.54, 1.807) is 24.3 Å². The van der Waals surface area contributed by atoms with Gasteiger partial charge in [-0.3, -0.25) is 4.57 Å². The number of benzene rings is 1. The smallest absolute Gasteiger partial charge is 0.222 e. The Morgan fingerprint density at radius 3 is 2.43 bits per heavy atom. The Kier molecular flexibility index (Phi) is 4.90. The second kappa shape index (κ2) is 7.31. The molecule has 5 heteroatoms. The van der Waals surface area contributed by atoms with Crippen molar-refractivity contribution in [3.63, 3.8) is 0 Å². The molecule has 0 aliphatic heterocycles. The SMILES string of the molecule is Cc1oc(-n2c(C)cc(/C=C(/C#N)c3cccc(C#N)c3)c2C)c(C#N)c1C. The van der Waals surface area contributed by atoms with E-state index in [0.29, 0.717) is 33.9 Å². The van der Waals surface area contributed by atoms with Gasteiger partial charge in [0.2, 0.25) is 5.88 Å². The highest BCUT2D eigenvalue weighted by Gasteiger charge is 2.20. The minimum atomic E-state index is 0.463. The molecule has 2 aromatic heterocycles. The maximum Gasteiger partial charge on any atom is 0.222 e. The number of hydrogen-bond donors (Lipinski definition) is 0. The zero-order chi connectivity index (χ0) is 20.4. The van der Waals surface area contributed by atoms with Gasteiger partial charge in [-0.25, -0.2) is 0 Å². The molecular weight excluding hydrogens is 348 g/mol. The highest BCUT2D eigenvalue weighted by atomic mass is 16.4. The van der Waals surface area contributed by atoms with E-state index in [1.165, 1.54) is 0 Å². The van der Waals surface area contributed by atoms with Gasteiger partial charge in [-0.15, -0.1) is 0 Å². The molecule has 0 aliphatic carbocycles. The van der Waals surface area contributed by atoms with Gasteiger partial charge in [-0.05, 0) is 63.1 Å². The Bertz CT molecular complexity index is 1230. The van der Waals surface area contributed by atoms with E-state index in [-0.39, 0.29) is 0 Å². The van der Waals surface area contributed by atoms with Gasteiger partial charge < -0.3 is 4.42 Å². The van der Waals surface area contributed by atoms with Gasteiger partial charge in [0.25, 0.3) is 0 Å². The van der Waals surface area contributed by atoms with E-state index in [1.807, 2.05) is 44.4 Å². The molecule has 0 bridgehead atoms. The Morgan fingerprint density at radius 2 is 1.79 bits per heavy atom. The average Bonchev–Trinajstić information content (AvgIpc) is 3.13. The number of aromatic nitrogens is 1. The number of hydrogen-bond acceptors (Lipinski definition) is 4. The molecule has 5 nitrogen and oxygen atoms in total. The first kappa shape index (κ1) is 18.8. The zero-order valence-electron chi connectivity index (χ0n) is 16.2. The van der Waals surface area contributed by atoms with Gasteiger partial charge in [-0.2, -0.15) is 15.8 Å². The Balaban J connectivity index is 2.16. The van der Waals surface area contributed by atoms with Crippen LogP contribution in [0.25, 0.3) is 17.5 Å². The van der Waals surface area contributed by atoms with Crippen LogP contribution in [0.2, 0.25) is 0 Å². The fourth-order valence-electron chi connectivity index (χ4n) is 3.24. The first-order chi connectivity index (χ1) is 13.4. The predicted octanol–water partition coefficient (Wildman–Crippen LogP) is 5.11. The van der Waals surface area contributed by atoms with Crippen molar-refractivity contribution in [2.24, 2.45) is 0 Å². The van der Waals surface area contributed by atoms with Crippen LogP contribution in [0, 0.1) is 61.7 Å². The standard InChI is InChI=1S/C23H18N4O/c1-14-8-20(10-21(12-25)19-7-5-6-18(9-19)11-24)16(3)27(14)23-22(13-26)15(2)17(4)28-23/h5-10H,1-4H3/b21-10-. The summed E-state index contributed by atoms with van der Waals surface area (Å²) in [6.07, 6.45) is 1.80. The minimum absolute atomic E-state index is 0.463. The summed E-state index contributed by atoms with van der Waals surface area (Å²) in [4.78, 5) is 0. The van der Waals surface area contributed by atoms with Gasteiger partial charge in [0, 0.05) is 17.0 Å². The van der Waals surface area contributed by atoms with E-state index in [9.17, 15) is 10.5 Å². The van der Waals surface area contributed by atoms with Crippen LogP contribution in [0.3, 0.4) is 0 Å². The lowest BCUT2D eigenvalue weighted by molar-refractivity contribution is 0.503. The van der Waals surface area contributed by atoms with Crippen molar-refractivity contribution in [2.45, 2.75) is 27.7 Å². The lowest BCUT2D eigenvalue weighted by Crippen LogP contribution is -2.00. The number of furan rings is 1. The third kappa shape index (κ3) is 3.09. The molecule has 0 fully saturated rings. The van der Waals surface area contributed by atoms with Crippen LogP contribution in [-0.2, 0) is 0 Å². The molecule has 0 saturated heterocycles. The van der Waals surface area contributed by atoms with E-state index in [0.717, 1.165) is 22.5 Å². The summed E-state index contributed by atoms with van der Waals surface area (Å²) >= 11 is 0. The monoisotopic (exact) mass is 366 g/mol. The van der Waals surface area contributed by atoms with Crippen molar-refractivity contribution in [1.82, 2.24) is 4.57 Å². The topological polar surface area (TPSA) is 89.4 Å². The molecule has 136 valence electrons. The van der Waals surface area contributed by atoms with Gasteiger partial charge in [0.05, 0.1) is 23.3 Å². The number of rotatable bonds is 3. The fraction of sp³-hybridized carbons (Fsp3) is 0.174. The van der Waals surface area contributed by atoms with Crippen LogP contribution in [-0.4, -0.2) is 4.57 Å². The summed E-state index contributed by atoms with van der Waals surface area (Å²) < 4.78 is 7.76. The lowest BCUT2D eigenvalue weighted by Gasteiger charge is -2.07. The molecule has 3 aromatic rings. The Morgan fingerprint density at radius 1 is 1.04 bits per heavy atom. The summed E-state index contributed by atoms with van der Waals surface area (Å²) in [5, 5.41) is 28.3. The molecular formula is C23H18N4O. The molecule has 3 rings (SSSR count). The molecule has 0 aliphatic rings. The molecule has 1 aromatic carbocycles. The van der Waals surface area contributed by atoms with Crippen molar-refractivity contribution in [1.29, 1.82) is 15.8 Å². The summed E-state index contributed by atoms with van der Waals surface area (Å²) in [6, 6.07) is 15.5. The van der Waals surface area contributed by atoms with Crippen LogP contribution in [0.4, 0.5) is 0 Å². The summed E-state index contributed by atoms with van der Waals surface area (Å²) in [6.45, 7) is 7.56. The average molecular weight is 366 g/mol. The number of aryl methyl sites for hydroxylation is 2. The molecule has 0 radical (unpaired) electrons. The van der Waals surface area contributed by atoms with Crippen molar-refractivity contribution in [3.05, 3.63) is 75.3 Å². The first-order valence-electron chi connectivity index (χ1n) is 8.73. The largest absolute Gasteiger partial charge is 0.443 e. The van der Waals surface area contributed by atoms with Crippen molar-refractivity contribution < 1.29 is 4.42 Å².